The lowest BCUT2D eigenvalue weighted by Crippen LogP contribution is -2.16. The van der Waals surface area contributed by atoms with Gasteiger partial charge in [0, 0.05) is 38.8 Å². The second-order valence-electron chi connectivity index (χ2n) is 16.1. The smallest absolute Gasteiger partial charge is 0.0547 e. The molecule has 280 valence electrons. The van der Waals surface area contributed by atoms with E-state index in [-0.39, 0.29) is 5.41 Å². The van der Waals surface area contributed by atoms with Gasteiger partial charge in [-0.2, -0.15) is 0 Å². The third-order valence-corrected chi connectivity index (χ3v) is 12.4. The number of nitrogens with zero attached hydrogens (tertiary/aromatic N) is 2. The van der Waals surface area contributed by atoms with Gasteiger partial charge in [0.1, 0.15) is 0 Å². The molecule has 1 aliphatic rings. The number of para-hydroxylation sites is 1. The number of aromatic nitrogens is 1. The van der Waals surface area contributed by atoms with E-state index in [2.05, 4.69) is 242 Å². The third-order valence-electron chi connectivity index (χ3n) is 12.4. The minimum Gasteiger partial charge on any atom is -0.310 e. The van der Waals surface area contributed by atoms with Crippen LogP contribution >= 0.6 is 0 Å². The van der Waals surface area contributed by atoms with Crippen LogP contribution in [-0.4, -0.2) is 4.57 Å². The van der Waals surface area contributed by atoms with Crippen molar-refractivity contribution in [3.05, 3.63) is 230 Å². The van der Waals surface area contributed by atoms with Crippen molar-refractivity contribution in [2.45, 2.75) is 19.3 Å². The van der Waals surface area contributed by atoms with Crippen LogP contribution in [0, 0.1) is 0 Å². The van der Waals surface area contributed by atoms with Crippen LogP contribution < -0.4 is 4.90 Å². The molecule has 9 aromatic carbocycles. The van der Waals surface area contributed by atoms with Gasteiger partial charge in [-0.3, -0.25) is 0 Å². The Bertz CT molecular complexity index is 3150. The zero-order valence-corrected chi connectivity index (χ0v) is 33.2. The number of anilines is 3. The molecule has 0 spiro atoms. The Morgan fingerprint density at radius 2 is 0.915 bits per heavy atom. The summed E-state index contributed by atoms with van der Waals surface area (Å²) in [6.07, 6.45) is 0. The third kappa shape index (κ3) is 5.71. The fourth-order valence-electron chi connectivity index (χ4n) is 9.57. The summed E-state index contributed by atoms with van der Waals surface area (Å²) in [5.41, 5.74) is 19.4. The van der Waals surface area contributed by atoms with Crippen LogP contribution in [-0.2, 0) is 5.41 Å². The Hall–Kier alpha value is -7.42. The molecule has 0 N–H and O–H groups in total. The van der Waals surface area contributed by atoms with E-state index in [1.54, 1.807) is 0 Å². The zero-order chi connectivity index (χ0) is 39.5. The predicted octanol–water partition coefficient (Wildman–Crippen LogP) is 15.6. The molecular formula is C57H42N2. The quantitative estimate of drug-likeness (QED) is 0.157. The molecule has 0 radical (unpaired) electrons. The van der Waals surface area contributed by atoms with Crippen molar-refractivity contribution in [3.8, 4) is 50.2 Å². The first kappa shape index (κ1) is 34.8. The molecule has 0 saturated heterocycles. The SMILES string of the molecule is CC1(C)c2ccccc2-c2c(N(c3ccc(-c4ccccc4)cc3)c3ccc(-c4cccc5c4c4ccccc4n5-c4cccc(-c5ccccc5)c4)cc3)cccc21. The highest BCUT2D eigenvalue weighted by Crippen LogP contribution is 2.54. The molecule has 59 heavy (non-hydrogen) atoms. The normalized spacial score (nSPS) is 12.7. The molecule has 2 heteroatoms. The summed E-state index contributed by atoms with van der Waals surface area (Å²) in [5, 5.41) is 2.50. The maximum absolute atomic E-state index is 2.45. The van der Waals surface area contributed by atoms with E-state index in [9.17, 15) is 0 Å². The van der Waals surface area contributed by atoms with Crippen molar-refractivity contribution in [2.75, 3.05) is 4.90 Å². The van der Waals surface area contributed by atoms with Gasteiger partial charge in [0.15, 0.2) is 0 Å². The first-order valence-corrected chi connectivity index (χ1v) is 20.5. The maximum atomic E-state index is 2.45. The fourth-order valence-corrected chi connectivity index (χ4v) is 9.57. The highest BCUT2D eigenvalue weighted by molar-refractivity contribution is 6.16. The van der Waals surface area contributed by atoms with Crippen LogP contribution in [0.1, 0.15) is 25.0 Å². The van der Waals surface area contributed by atoms with Crippen molar-refractivity contribution in [1.29, 1.82) is 0 Å². The van der Waals surface area contributed by atoms with Gasteiger partial charge in [0.05, 0.1) is 16.7 Å². The summed E-state index contributed by atoms with van der Waals surface area (Å²) in [4.78, 5) is 2.45. The monoisotopic (exact) mass is 754 g/mol. The van der Waals surface area contributed by atoms with E-state index in [0.717, 1.165) is 17.1 Å². The Kier molecular flexibility index (Phi) is 8.20. The Morgan fingerprint density at radius 1 is 0.390 bits per heavy atom. The average molecular weight is 755 g/mol. The molecule has 0 aliphatic heterocycles. The molecule has 0 bridgehead atoms. The van der Waals surface area contributed by atoms with Gasteiger partial charge in [-0.25, -0.2) is 0 Å². The molecule has 0 fully saturated rings. The van der Waals surface area contributed by atoms with Crippen LogP contribution in [0.3, 0.4) is 0 Å². The van der Waals surface area contributed by atoms with Crippen molar-refractivity contribution in [2.24, 2.45) is 0 Å². The van der Waals surface area contributed by atoms with Crippen LogP contribution in [0.4, 0.5) is 17.1 Å². The average Bonchev–Trinajstić information content (AvgIpc) is 3.76. The highest BCUT2D eigenvalue weighted by atomic mass is 15.1. The number of hydrogen-bond acceptors (Lipinski definition) is 1. The number of benzene rings is 9. The summed E-state index contributed by atoms with van der Waals surface area (Å²) in [7, 11) is 0. The summed E-state index contributed by atoms with van der Waals surface area (Å²) < 4.78 is 2.42. The van der Waals surface area contributed by atoms with E-state index in [0.29, 0.717) is 0 Å². The van der Waals surface area contributed by atoms with E-state index in [1.165, 1.54) is 83.1 Å². The Morgan fingerprint density at radius 3 is 1.66 bits per heavy atom. The molecule has 1 aliphatic carbocycles. The molecule has 1 heterocycles. The summed E-state index contributed by atoms with van der Waals surface area (Å²) in [6.45, 7) is 4.71. The lowest BCUT2D eigenvalue weighted by atomic mass is 9.82. The molecule has 1 aromatic heterocycles. The Balaban J connectivity index is 1.06. The van der Waals surface area contributed by atoms with Gasteiger partial charge in [0.2, 0.25) is 0 Å². The topological polar surface area (TPSA) is 8.17 Å². The first-order chi connectivity index (χ1) is 29.0. The standard InChI is InChI=1S/C57H42N2/c1-57(2)50-25-11-9-22-48(50)56-51(57)26-15-29-54(56)58(44-34-30-41(31-35-44)39-16-5-3-6-17-39)45-36-32-42(33-37-45)47-24-14-28-53-55(47)49-23-10-12-27-52(49)59(53)46-21-13-20-43(38-46)40-18-7-4-8-19-40/h3-38H,1-2H3. The van der Waals surface area contributed by atoms with Gasteiger partial charge < -0.3 is 9.47 Å². The van der Waals surface area contributed by atoms with Crippen LogP contribution in [0.2, 0.25) is 0 Å². The molecule has 0 saturated carbocycles. The zero-order valence-electron chi connectivity index (χ0n) is 33.2. The first-order valence-electron chi connectivity index (χ1n) is 20.5. The van der Waals surface area contributed by atoms with E-state index >= 15 is 0 Å². The maximum Gasteiger partial charge on any atom is 0.0547 e. The molecule has 10 aromatic rings. The summed E-state index contributed by atoms with van der Waals surface area (Å²) in [5.74, 6) is 0. The van der Waals surface area contributed by atoms with Crippen LogP contribution in [0.15, 0.2) is 218 Å². The highest BCUT2D eigenvalue weighted by Gasteiger charge is 2.37. The molecule has 0 atom stereocenters. The fraction of sp³-hybridized carbons (Fsp3) is 0.0526. The Labute approximate surface area is 345 Å². The van der Waals surface area contributed by atoms with E-state index in [1.807, 2.05) is 0 Å². The van der Waals surface area contributed by atoms with Gasteiger partial charge in [0.25, 0.3) is 0 Å². The minimum atomic E-state index is -0.102. The molecular weight excluding hydrogens is 713 g/mol. The van der Waals surface area contributed by atoms with Crippen LogP contribution in [0.5, 0.6) is 0 Å². The van der Waals surface area contributed by atoms with Crippen molar-refractivity contribution in [3.63, 3.8) is 0 Å². The van der Waals surface area contributed by atoms with E-state index in [4.69, 9.17) is 0 Å². The molecule has 2 nitrogen and oxygen atoms in total. The number of rotatable bonds is 7. The van der Waals surface area contributed by atoms with Crippen molar-refractivity contribution in [1.82, 2.24) is 4.57 Å². The van der Waals surface area contributed by atoms with Gasteiger partial charge in [-0.05, 0) is 105 Å². The molecule has 0 unspecified atom stereocenters. The largest absolute Gasteiger partial charge is 0.310 e. The van der Waals surface area contributed by atoms with Crippen molar-refractivity contribution < 1.29 is 0 Å². The number of fused-ring (bicyclic) bond motifs is 6. The van der Waals surface area contributed by atoms with Crippen molar-refractivity contribution >= 4 is 38.9 Å². The van der Waals surface area contributed by atoms with E-state index < -0.39 is 0 Å². The minimum absolute atomic E-state index is 0.102. The summed E-state index contributed by atoms with van der Waals surface area (Å²) >= 11 is 0. The number of hydrogen-bond donors (Lipinski definition) is 0. The molecule has 11 rings (SSSR count). The predicted molar refractivity (Wildman–Crippen MR) is 249 cm³/mol. The summed E-state index contributed by atoms with van der Waals surface area (Å²) in [6, 6.07) is 79.7. The van der Waals surface area contributed by atoms with Gasteiger partial charge in [-0.15, -0.1) is 0 Å². The van der Waals surface area contributed by atoms with Gasteiger partial charge >= 0.3 is 0 Å². The lowest BCUT2D eigenvalue weighted by molar-refractivity contribution is 0.660. The second-order valence-corrected chi connectivity index (χ2v) is 16.1. The second kappa shape index (κ2) is 13.9. The van der Waals surface area contributed by atoms with Crippen LogP contribution in [0.25, 0.3) is 72.0 Å². The lowest BCUT2D eigenvalue weighted by Gasteiger charge is -2.29. The molecule has 0 amide bonds. The van der Waals surface area contributed by atoms with Gasteiger partial charge in [-0.1, -0.05) is 178 Å².